The van der Waals surface area contributed by atoms with Gasteiger partial charge in [0.05, 0.1) is 13.7 Å². The first-order valence-electron chi connectivity index (χ1n) is 6.42. The van der Waals surface area contributed by atoms with Gasteiger partial charge in [-0.25, -0.2) is 0 Å². The fourth-order valence-electron chi connectivity index (χ4n) is 1.62. The fraction of sp³-hybridized carbons (Fsp3) is 0.500. The molecule has 0 radical (unpaired) electrons. The van der Waals surface area contributed by atoms with Crippen LogP contribution in [-0.4, -0.2) is 33.2 Å². The molecule has 0 bridgehead atoms. The molecule has 0 atom stereocenters. The predicted octanol–water partition coefficient (Wildman–Crippen LogP) is 1.32. The highest BCUT2D eigenvalue weighted by Gasteiger charge is 2.06. The number of hydrogen-bond donors (Lipinski definition) is 2. The van der Waals surface area contributed by atoms with Gasteiger partial charge in [-0.3, -0.25) is 4.79 Å². The Morgan fingerprint density at radius 1 is 1.32 bits per heavy atom. The molecular formula is C14H22N2O3. The van der Waals surface area contributed by atoms with Crippen molar-refractivity contribution < 1.29 is 14.3 Å². The number of hydrogen-bond acceptors (Lipinski definition) is 4. The molecular weight excluding hydrogens is 244 g/mol. The summed E-state index contributed by atoms with van der Waals surface area (Å²) in [4.78, 5) is 11.5. The van der Waals surface area contributed by atoms with Crippen LogP contribution in [0.25, 0.3) is 0 Å². The minimum absolute atomic E-state index is 0.0298. The number of carbonyl (C=O) groups is 1. The summed E-state index contributed by atoms with van der Waals surface area (Å²) in [7, 11) is 3.43. The minimum Gasteiger partial charge on any atom is -0.493 e. The summed E-state index contributed by atoms with van der Waals surface area (Å²) < 4.78 is 10.7. The molecule has 2 N–H and O–H groups in total. The lowest BCUT2D eigenvalue weighted by atomic mass is 10.2. The van der Waals surface area contributed by atoms with Gasteiger partial charge < -0.3 is 20.1 Å². The molecule has 19 heavy (non-hydrogen) atoms. The summed E-state index contributed by atoms with van der Waals surface area (Å²) in [5.74, 6) is 1.43. The van der Waals surface area contributed by atoms with Crippen molar-refractivity contribution in [2.45, 2.75) is 19.9 Å². The molecule has 1 rings (SSSR count). The average molecular weight is 266 g/mol. The average Bonchev–Trinajstić information content (AvgIpc) is 2.44. The third-order valence-electron chi connectivity index (χ3n) is 2.62. The van der Waals surface area contributed by atoms with Gasteiger partial charge in [0.15, 0.2) is 11.5 Å². The van der Waals surface area contributed by atoms with Crippen LogP contribution in [0.2, 0.25) is 0 Å². The second kappa shape index (κ2) is 8.37. The Hall–Kier alpha value is -1.75. The number of carbonyl (C=O) groups excluding carboxylic acids is 1. The number of rotatable bonds is 8. The molecule has 0 aliphatic rings. The van der Waals surface area contributed by atoms with Crippen LogP contribution < -0.4 is 20.1 Å². The van der Waals surface area contributed by atoms with Crippen LogP contribution in [0.4, 0.5) is 0 Å². The van der Waals surface area contributed by atoms with Crippen LogP contribution in [0.3, 0.4) is 0 Å². The number of benzene rings is 1. The molecule has 0 saturated carbocycles. The zero-order chi connectivity index (χ0) is 14.1. The van der Waals surface area contributed by atoms with E-state index in [1.54, 1.807) is 7.11 Å². The predicted molar refractivity (Wildman–Crippen MR) is 74.6 cm³/mol. The van der Waals surface area contributed by atoms with Crippen LogP contribution in [0, 0.1) is 0 Å². The normalized spacial score (nSPS) is 10.1. The largest absolute Gasteiger partial charge is 0.493 e. The Morgan fingerprint density at radius 3 is 2.74 bits per heavy atom. The third kappa shape index (κ3) is 5.18. The highest BCUT2D eigenvalue weighted by molar-refractivity contribution is 5.76. The van der Waals surface area contributed by atoms with Crippen molar-refractivity contribution in [3.05, 3.63) is 23.8 Å². The smallest absolute Gasteiger partial charge is 0.221 e. The lowest BCUT2D eigenvalue weighted by Gasteiger charge is -2.11. The maximum absolute atomic E-state index is 11.5. The quantitative estimate of drug-likeness (QED) is 0.745. The van der Waals surface area contributed by atoms with E-state index in [-0.39, 0.29) is 5.91 Å². The molecule has 0 fully saturated rings. The van der Waals surface area contributed by atoms with Gasteiger partial charge in [-0.1, -0.05) is 6.07 Å². The van der Waals surface area contributed by atoms with Crippen LogP contribution in [0.15, 0.2) is 18.2 Å². The van der Waals surface area contributed by atoms with Crippen LogP contribution in [0.5, 0.6) is 11.5 Å². The van der Waals surface area contributed by atoms with Crippen molar-refractivity contribution >= 4 is 5.91 Å². The molecule has 1 aromatic rings. The van der Waals surface area contributed by atoms with Gasteiger partial charge in [0.2, 0.25) is 5.91 Å². The van der Waals surface area contributed by atoms with Gasteiger partial charge in [0.1, 0.15) is 0 Å². The molecule has 0 aliphatic carbocycles. The Morgan fingerprint density at radius 2 is 2.11 bits per heavy atom. The summed E-state index contributed by atoms with van der Waals surface area (Å²) in [6.45, 7) is 3.69. The van der Waals surface area contributed by atoms with Gasteiger partial charge in [-0.05, 0) is 31.7 Å². The van der Waals surface area contributed by atoms with Gasteiger partial charge in [-0.2, -0.15) is 0 Å². The first kappa shape index (κ1) is 15.3. The standard InChI is InChI=1S/C14H22N2O3/c1-4-19-12-6-5-11(9-13(12)18-3)10-16-14(17)7-8-15-2/h5-6,9,15H,4,7-8,10H2,1-3H3,(H,16,17). The van der Waals surface area contributed by atoms with Crippen LogP contribution in [0.1, 0.15) is 18.9 Å². The summed E-state index contributed by atoms with van der Waals surface area (Å²) in [6, 6.07) is 5.66. The van der Waals surface area contributed by atoms with Gasteiger partial charge in [0.25, 0.3) is 0 Å². The van der Waals surface area contributed by atoms with Crippen LogP contribution in [-0.2, 0) is 11.3 Å². The molecule has 0 aromatic heterocycles. The van der Waals surface area contributed by atoms with Crippen molar-refractivity contribution in [3.63, 3.8) is 0 Å². The molecule has 0 saturated heterocycles. The second-order valence-electron chi connectivity index (χ2n) is 4.05. The van der Waals surface area contributed by atoms with E-state index < -0.39 is 0 Å². The van der Waals surface area contributed by atoms with E-state index in [2.05, 4.69) is 10.6 Å². The summed E-state index contributed by atoms with van der Waals surface area (Å²) >= 11 is 0. The number of nitrogens with one attached hydrogen (secondary N) is 2. The third-order valence-corrected chi connectivity index (χ3v) is 2.62. The number of ether oxygens (including phenoxy) is 2. The molecule has 5 nitrogen and oxygen atoms in total. The summed E-state index contributed by atoms with van der Waals surface area (Å²) in [5.41, 5.74) is 0.984. The van der Waals surface area contributed by atoms with Crippen molar-refractivity contribution in [2.75, 3.05) is 27.3 Å². The van der Waals surface area contributed by atoms with E-state index in [1.165, 1.54) is 0 Å². The number of amides is 1. The topological polar surface area (TPSA) is 59.6 Å². The Balaban J connectivity index is 2.57. The first-order valence-corrected chi connectivity index (χ1v) is 6.42. The Kier molecular flexibility index (Phi) is 6.74. The van der Waals surface area contributed by atoms with E-state index in [0.717, 1.165) is 11.3 Å². The zero-order valence-electron chi connectivity index (χ0n) is 11.8. The molecule has 106 valence electrons. The van der Waals surface area contributed by atoms with E-state index in [4.69, 9.17) is 9.47 Å². The molecule has 0 spiro atoms. The molecule has 0 unspecified atom stereocenters. The lowest BCUT2D eigenvalue weighted by molar-refractivity contribution is -0.121. The molecule has 0 aliphatic heterocycles. The minimum atomic E-state index is 0.0298. The van der Waals surface area contributed by atoms with E-state index >= 15 is 0 Å². The number of methoxy groups -OCH3 is 1. The summed E-state index contributed by atoms with van der Waals surface area (Å²) in [6.07, 6.45) is 0.477. The molecule has 1 amide bonds. The van der Waals surface area contributed by atoms with Crippen molar-refractivity contribution in [1.29, 1.82) is 0 Å². The van der Waals surface area contributed by atoms with Crippen LogP contribution >= 0.6 is 0 Å². The van der Waals surface area contributed by atoms with E-state index in [9.17, 15) is 4.79 Å². The van der Waals surface area contributed by atoms with Gasteiger partial charge in [-0.15, -0.1) is 0 Å². The highest BCUT2D eigenvalue weighted by Crippen LogP contribution is 2.27. The van der Waals surface area contributed by atoms with Gasteiger partial charge >= 0.3 is 0 Å². The monoisotopic (exact) mass is 266 g/mol. The van der Waals surface area contributed by atoms with Gasteiger partial charge in [0, 0.05) is 19.5 Å². The SMILES string of the molecule is CCOc1ccc(CNC(=O)CCNC)cc1OC. The Bertz CT molecular complexity index is 408. The van der Waals surface area contributed by atoms with E-state index in [0.29, 0.717) is 31.9 Å². The molecule has 0 heterocycles. The second-order valence-corrected chi connectivity index (χ2v) is 4.05. The van der Waals surface area contributed by atoms with Crippen molar-refractivity contribution in [2.24, 2.45) is 0 Å². The van der Waals surface area contributed by atoms with E-state index in [1.807, 2.05) is 32.2 Å². The lowest BCUT2D eigenvalue weighted by Crippen LogP contribution is -2.26. The Labute approximate surface area is 114 Å². The molecule has 1 aromatic carbocycles. The summed E-state index contributed by atoms with van der Waals surface area (Å²) in [5, 5.41) is 5.80. The maximum Gasteiger partial charge on any atom is 0.221 e. The zero-order valence-corrected chi connectivity index (χ0v) is 11.8. The van der Waals surface area contributed by atoms with Crippen molar-refractivity contribution in [1.82, 2.24) is 10.6 Å². The fourth-order valence-corrected chi connectivity index (χ4v) is 1.62. The first-order chi connectivity index (χ1) is 9.21. The van der Waals surface area contributed by atoms with Crippen molar-refractivity contribution in [3.8, 4) is 11.5 Å². The maximum atomic E-state index is 11.5. The molecule has 5 heteroatoms. The highest BCUT2D eigenvalue weighted by atomic mass is 16.5.